The van der Waals surface area contributed by atoms with Crippen molar-refractivity contribution in [1.82, 2.24) is 10.6 Å². The number of carbonyl (C=O) groups is 2. The molecule has 0 aliphatic heterocycles. The second kappa shape index (κ2) is 12.0. The molecule has 2 rings (SSSR count). The number of hydrogen-bond acceptors (Lipinski definition) is 4. The zero-order valence-electron chi connectivity index (χ0n) is 20.2. The van der Waals surface area contributed by atoms with Crippen molar-refractivity contribution in [3.05, 3.63) is 71.8 Å². The van der Waals surface area contributed by atoms with Crippen molar-refractivity contribution < 1.29 is 19.8 Å². The average Bonchev–Trinajstić information content (AvgIpc) is 2.86. The third kappa shape index (κ3) is 6.65. The van der Waals surface area contributed by atoms with E-state index in [1.165, 1.54) is 0 Å². The molecule has 6 nitrogen and oxygen atoms in total. The van der Waals surface area contributed by atoms with Gasteiger partial charge in [-0.3, -0.25) is 9.59 Å². The van der Waals surface area contributed by atoms with Gasteiger partial charge in [-0.25, -0.2) is 0 Å². The van der Waals surface area contributed by atoms with E-state index in [1.807, 2.05) is 88.4 Å². The van der Waals surface area contributed by atoms with E-state index in [9.17, 15) is 19.8 Å². The van der Waals surface area contributed by atoms with Crippen molar-refractivity contribution in [2.75, 3.05) is 0 Å². The van der Waals surface area contributed by atoms with Crippen molar-refractivity contribution in [2.45, 2.75) is 83.1 Å². The highest BCUT2D eigenvalue weighted by atomic mass is 16.3. The Hall–Kier alpha value is -2.70. The molecule has 0 unspecified atom stereocenters. The van der Waals surface area contributed by atoms with Gasteiger partial charge in [-0.05, 0) is 36.8 Å². The number of amides is 2. The zero-order chi connectivity index (χ0) is 24.5. The van der Waals surface area contributed by atoms with Gasteiger partial charge in [0.05, 0.1) is 23.3 Å². The third-order valence-corrected chi connectivity index (χ3v) is 6.72. The average molecular weight is 455 g/mol. The molecule has 2 atom stereocenters. The van der Waals surface area contributed by atoms with E-state index in [0.29, 0.717) is 25.7 Å². The summed E-state index contributed by atoms with van der Waals surface area (Å²) < 4.78 is 0. The molecule has 0 aliphatic rings. The number of hydrogen-bond donors (Lipinski definition) is 4. The number of aliphatic hydroxyl groups is 2. The Morgan fingerprint density at radius 1 is 0.667 bits per heavy atom. The van der Waals surface area contributed by atoms with Crippen LogP contribution in [0, 0.1) is 0 Å². The minimum Gasteiger partial charge on any atom is -0.387 e. The lowest BCUT2D eigenvalue weighted by molar-refractivity contribution is -0.133. The normalized spacial score (nSPS) is 13.8. The van der Waals surface area contributed by atoms with Crippen molar-refractivity contribution in [3.63, 3.8) is 0 Å². The first kappa shape index (κ1) is 26.6. The fourth-order valence-corrected chi connectivity index (χ4v) is 4.23. The summed E-state index contributed by atoms with van der Waals surface area (Å²) in [7, 11) is 0. The number of nitrogens with one attached hydrogen (secondary N) is 2. The van der Waals surface area contributed by atoms with Gasteiger partial charge in [-0.15, -0.1) is 0 Å². The molecule has 33 heavy (non-hydrogen) atoms. The van der Waals surface area contributed by atoms with Crippen LogP contribution in [0.15, 0.2) is 60.7 Å². The van der Waals surface area contributed by atoms with E-state index >= 15 is 0 Å². The van der Waals surface area contributed by atoms with Crippen LogP contribution >= 0.6 is 0 Å². The third-order valence-electron chi connectivity index (χ3n) is 6.72. The maximum Gasteiger partial charge on any atom is 0.230 e. The fraction of sp³-hybridized carbons (Fsp3) is 0.481. The zero-order valence-corrected chi connectivity index (χ0v) is 20.2. The molecule has 0 spiro atoms. The second-order valence-electron chi connectivity index (χ2n) is 8.62. The minimum absolute atomic E-state index is 0.403. The quantitative estimate of drug-likeness (QED) is 0.361. The molecule has 0 saturated heterocycles. The highest BCUT2D eigenvalue weighted by Crippen LogP contribution is 2.33. The predicted molar refractivity (Wildman–Crippen MR) is 130 cm³/mol. The van der Waals surface area contributed by atoms with E-state index in [0.717, 1.165) is 11.1 Å². The highest BCUT2D eigenvalue weighted by molar-refractivity contribution is 5.97. The molecule has 2 aromatic carbocycles. The molecule has 0 bridgehead atoms. The number of rotatable bonds is 12. The van der Waals surface area contributed by atoms with Crippen molar-refractivity contribution in [2.24, 2.45) is 0 Å². The summed E-state index contributed by atoms with van der Waals surface area (Å²) in [5, 5.41) is 28.0. The predicted octanol–water partition coefficient (Wildman–Crippen LogP) is 4.19. The Morgan fingerprint density at radius 2 is 0.970 bits per heavy atom. The summed E-state index contributed by atoms with van der Waals surface area (Å²) in [6.07, 6.45) is 1.40. The lowest BCUT2D eigenvalue weighted by atomic mass is 9.83. The van der Waals surface area contributed by atoms with Gasteiger partial charge in [0, 0.05) is 0 Å². The first-order valence-electron chi connectivity index (χ1n) is 11.9. The standard InChI is InChI=1S/C27H38N2O4/c1-5-26(32,6-2)24(20-15-11-9-12-16-20)28-22(30)19-23(31)29-25(27(33,7-3)8-4)21-17-13-10-14-18-21/h9-18,24-25,32-33H,5-8,19H2,1-4H3,(H,28,30)(H,29,31)/t24-,25-/m1/s1. The first-order chi connectivity index (χ1) is 15.7. The van der Waals surface area contributed by atoms with Crippen LogP contribution in [0.4, 0.5) is 0 Å². The lowest BCUT2D eigenvalue weighted by Crippen LogP contribution is -2.48. The van der Waals surface area contributed by atoms with E-state index < -0.39 is 41.5 Å². The Kier molecular flexibility index (Phi) is 9.62. The van der Waals surface area contributed by atoms with E-state index in [4.69, 9.17) is 0 Å². The lowest BCUT2D eigenvalue weighted by Gasteiger charge is -2.36. The van der Waals surface area contributed by atoms with Gasteiger partial charge in [-0.2, -0.15) is 0 Å². The minimum atomic E-state index is -1.13. The highest BCUT2D eigenvalue weighted by Gasteiger charge is 2.38. The van der Waals surface area contributed by atoms with Gasteiger partial charge in [0.25, 0.3) is 0 Å². The van der Waals surface area contributed by atoms with Crippen molar-refractivity contribution in [1.29, 1.82) is 0 Å². The molecule has 2 aromatic rings. The fourth-order valence-electron chi connectivity index (χ4n) is 4.23. The molecule has 0 radical (unpaired) electrons. The molecule has 0 saturated carbocycles. The molecular formula is C27H38N2O4. The monoisotopic (exact) mass is 454 g/mol. The summed E-state index contributed by atoms with van der Waals surface area (Å²) >= 11 is 0. The Bertz CT molecular complexity index is 804. The van der Waals surface area contributed by atoms with Crippen LogP contribution in [-0.4, -0.2) is 33.2 Å². The van der Waals surface area contributed by atoms with Gasteiger partial charge in [0.1, 0.15) is 6.42 Å². The van der Waals surface area contributed by atoms with Crippen molar-refractivity contribution in [3.8, 4) is 0 Å². The molecule has 2 amide bonds. The van der Waals surface area contributed by atoms with Gasteiger partial charge >= 0.3 is 0 Å². The van der Waals surface area contributed by atoms with E-state index in [1.54, 1.807) is 0 Å². The van der Waals surface area contributed by atoms with Crippen LogP contribution in [0.3, 0.4) is 0 Å². The largest absolute Gasteiger partial charge is 0.387 e. The van der Waals surface area contributed by atoms with E-state index in [2.05, 4.69) is 10.6 Å². The smallest absolute Gasteiger partial charge is 0.230 e. The van der Waals surface area contributed by atoms with Crippen molar-refractivity contribution >= 4 is 11.8 Å². The molecule has 0 fully saturated rings. The molecule has 0 aromatic heterocycles. The summed E-state index contributed by atoms with van der Waals surface area (Å²) in [6, 6.07) is 17.3. The second-order valence-corrected chi connectivity index (χ2v) is 8.62. The SMILES string of the molecule is CCC(O)(CC)[C@H](NC(=O)CC(=O)N[C@H](c1ccccc1)C(O)(CC)CC)c1ccccc1. The van der Waals surface area contributed by atoms with Crippen LogP contribution in [0.5, 0.6) is 0 Å². The maximum absolute atomic E-state index is 12.9. The molecule has 0 heterocycles. The molecule has 180 valence electrons. The van der Waals surface area contributed by atoms with Gasteiger partial charge in [-0.1, -0.05) is 88.4 Å². The Balaban J connectivity index is 2.19. The van der Waals surface area contributed by atoms with Crippen LogP contribution in [0.1, 0.15) is 83.0 Å². The first-order valence-corrected chi connectivity index (χ1v) is 11.9. The van der Waals surface area contributed by atoms with Gasteiger partial charge in [0.2, 0.25) is 11.8 Å². The summed E-state index contributed by atoms with van der Waals surface area (Å²) in [5.74, 6) is -0.963. The Morgan fingerprint density at radius 3 is 1.24 bits per heavy atom. The summed E-state index contributed by atoms with van der Waals surface area (Å²) in [5.41, 5.74) is -0.702. The summed E-state index contributed by atoms with van der Waals surface area (Å²) in [4.78, 5) is 25.8. The molecule has 4 N–H and O–H groups in total. The van der Waals surface area contributed by atoms with Crippen LogP contribution < -0.4 is 10.6 Å². The molecule has 6 heteroatoms. The summed E-state index contributed by atoms with van der Waals surface area (Å²) in [6.45, 7) is 7.50. The Labute approximate surface area is 197 Å². The van der Waals surface area contributed by atoms with Crippen LogP contribution in [0.2, 0.25) is 0 Å². The van der Waals surface area contributed by atoms with E-state index in [-0.39, 0.29) is 0 Å². The molecule has 0 aliphatic carbocycles. The van der Waals surface area contributed by atoms with Crippen LogP contribution in [0.25, 0.3) is 0 Å². The molecular weight excluding hydrogens is 416 g/mol. The topological polar surface area (TPSA) is 98.7 Å². The van der Waals surface area contributed by atoms with Crippen LogP contribution in [-0.2, 0) is 9.59 Å². The maximum atomic E-state index is 12.9. The van der Waals surface area contributed by atoms with Gasteiger partial charge < -0.3 is 20.8 Å². The number of benzene rings is 2. The number of carbonyl (C=O) groups excluding carboxylic acids is 2. The van der Waals surface area contributed by atoms with Gasteiger partial charge in [0.15, 0.2) is 0 Å².